The van der Waals surface area contributed by atoms with Gasteiger partial charge in [0.25, 0.3) is 0 Å². The lowest BCUT2D eigenvalue weighted by molar-refractivity contribution is -0.139. The van der Waals surface area contributed by atoms with E-state index in [-0.39, 0.29) is 12.4 Å². The Balaban J connectivity index is 2.15. The number of anilines is 2. The molecule has 0 bridgehead atoms. The third kappa shape index (κ3) is 4.28. The largest absolute Gasteiger partial charge is 0.469 e. The molecule has 0 heterocycles. The standard InChI is InChI=1S/C24H24BrNO2/c1-15-9-11-18(12-10-15)24-16(2)13-22(17(3)19(24)14-23(27)28-4)26-21-8-6-5-7-20(21)25/h5-13,26H,14H2,1-4H3. The summed E-state index contributed by atoms with van der Waals surface area (Å²) in [7, 11) is 1.43. The lowest BCUT2D eigenvalue weighted by Gasteiger charge is -2.20. The summed E-state index contributed by atoms with van der Waals surface area (Å²) in [6.45, 7) is 6.21. The first-order valence-corrected chi connectivity index (χ1v) is 9.98. The van der Waals surface area contributed by atoms with E-state index in [0.29, 0.717) is 0 Å². The Morgan fingerprint density at radius 1 is 1.00 bits per heavy atom. The van der Waals surface area contributed by atoms with Gasteiger partial charge in [-0.15, -0.1) is 0 Å². The average Bonchev–Trinajstić information content (AvgIpc) is 2.68. The highest BCUT2D eigenvalue weighted by molar-refractivity contribution is 9.10. The number of para-hydroxylation sites is 1. The van der Waals surface area contributed by atoms with Crippen LogP contribution in [0.2, 0.25) is 0 Å². The molecule has 0 unspecified atom stereocenters. The predicted molar refractivity (Wildman–Crippen MR) is 119 cm³/mol. The normalized spacial score (nSPS) is 10.6. The van der Waals surface area contributed by atoms with Gasteiger partial charge < -0.3 is 10.1 Å². The van der Waals surface area contributed by atoms with Crippen molar-refractivity contribution in [2.45, 2.75) is 27.2 Å². The van der Waals surface area contributed by atoms with Gasteiger partial charge in [-0.1, -0.05) is 42.0 Å². The Kier molecular flexibility index (Phi) is 6.20. The number of benzene rings is 3. The summed E-state index contributed by atoms with van der Waals surface area (Å²) in [6.07, 6.45) is 0.234. The second-order valence-electron chi connectivity index (χ2n) is 6.94. The number of hydrogen-bond acceptors (Lipinski definition) is 3. The van der Waals surface area contributed by atoms with E-state index in [1.165, 1.54) is 12.7 Å². The van der Waals surface area contributed by atoms with Gasteiger partial charge in [0.2, 0.25) is 0 Å². The van der Waals surface area contributed by atoms with Crippen LogP contribution in [0.25, 0.3) is 11.1 Å². The zero-order chi connectivity index (χ0) is 20.3. The second-order valence-corrected chi connectivity index (χ2v) is 7.80. The number of carbonyl (C=O) groups is 1. The van der Waals surface area contributed by atoms with E-state index in [1.807, 2.05) is 24.3 Å². The number of ether oxygens (including phenoxy) is 1. The molecule has 3 nitrogen and oxygen atoms in total. The van der Waals surface area contributed by atoms with Crippen LogP contribution in [0.5, 0.6) is 0 Å². The fourth-order valence-electron chi connectivity index (χ4n) is 3.38. The van der Waals surface area contributed by atoms with Crippen molar-refractivity contribution in [3.05, 3.63) is 81.3 Å². The molecule has 0 spiro atoms. The molecule has 0 radical (unpaired) electrons. The highest BCUT2D eigenvalue weighted by Crippen LogP contribution is 2.37. The molecule has 3 aromatic rings. The Hall–Kier alpha value is -2.59. The van der Waals surface area contributed by atoms with Crippen molar-refractivity contribution in [3.63, 3.8) is 0 Å². The molecular formula is C24H24BrNO2. The van der Waals surface area contributed by atoms with E-state index < -0.39 is 0 Å². The third-order valence-corrected chi connectivity index (χ3v) is 5.64. The molecule has 0 aliphatic heterocycles. The maximum absolute atomic E-state index is 12.2. The van der Waals surface area contributed by atoms with E-state index in [2.05, 4.69) is 72.3 Å². The van der Waals surface area contributed by atoms with Crippen LogP contribution in [0.1, 0.15) is 22.3 Å². The van der Waals surface area contributed by atoms with Crippen molar-refractivity contribution in [1.29, 1.82) is 0 Å². The van der Waals surface area contributed by atoms with Crippen LogP contribution >= 0.6 is 15.9 Å². The number of carbonyl (C=O) groups excluding carboxylic acids is 1. The van der Waals surface area contributed by atoms with Gasteiger partial charge in [0.05, 0.1) is 19.2 Å². The molecule has 144 valence electrons. The molecule has 1 N–H and O–H groups in total. The first-order chi connectivity index (χ1) is 13.4. The highest BCUT2D eigenvalue weighted by Gasteiger charge is 2.18. The van der Waals surface area contributed by atoms with Crippen molar-refractivity contribution < 1.29 is 9.53 Å². The maximum Gasteiger partial charge on any atom is 0.310 e. The fourth-order valence-corrected chi connectivity index (χ4v) is 3.77. The molecular weight excluding hydrogens is 414 g/mol. The average molecular weight is 438 g/mol. The Bertz CT molecular complexity index is 1010. The highest BCUT2D eigenvalue weighted by atomic mass is 79.9. The topological polar surface area (TPSA) is 38.3 Å². The van der Waals surface area contributed by atoms with Gasteiger partial charge in [-0.2, -0.15) is 0 Å². The minimum absolute atomic E-state index is 0.234. The summed E-state index contributed by atoms with van der Waals surface area (Å²) in [5, 5.41) is 3.50. The SMILES string of the molecule is COC(=O)Cc1c(C)c(Nc2ccccc2Br)cc(C)c1-c1ccc(C)cc1. The van der Waals surface area contributed by atoms with E-state index in [1.54, 1.807) is 0 Å². The van der Waals surface area contributed by atoms with E-state index in [4.69, 9.17) is 4.74 Å². The van der Waals surface area contributed by atoms with Crippen LogP contribution < -0.4 is 5.32 Å². The molecule has 0 aliphatic rings. The third-order valence-electron chi connectivity index (χ3n) is 4.95. The molecule has 0 amide bonds. The van der Waals surface area contributed by atoms with Gasteiger partial charge in [0, 0.05) is 10.2 Å². The van der Waals surface area contributed by atoms with Crippen molar-refractivity contribution >= 4 is 33.3 Å². The second kappa shape index (κ2) is 8.61. The number of aryl methyl sites for hydroxylation is 2. The molecule has 0 saturated carbocycles. The van der Waals surface area contributed by atoms with Gasteiger partial charge in [0.15, 0.2) is 0 Å². The molecule has 0 atom stereocenters. The first kappa shape index (κ1) is 20.2. The van der Waals surface area contributed by atoms with E-state index >= 15 is 0 Å². The van der Waals surface area contributed by atoms with Gasteiger partial charge in [-0.3, -0.25) is 4.79 Å². The molecule has 28 heavy (non-hydrogen) atoms. The van der Waals surface area contributed by atoms with Crippen LogP contribution in [0.4, 0.5) is 11.4 Å². The first-order valence-electron chi connectivity index (χ1n) is 9.19. The van der Waals surface area contributed by atoms with E-state index in [0.717, 1.165) is 43.7 Å². The van der Waals surface area contributed by atoms with Gasteiger partial charge in [0.1, 0.15) is 0 Å². The molecule has 0 saturated heterocycles. The number of esters is 1. The summed E-state index contributed by atoms with van der Waals surface area (Å²) in [4.78, 5) is 12.2. The van der Waals surface area contributed by atoms with Crippen molar-refractivity contribution in [3.8, 4) is 11.1 Å². The number of halogens is 1. The number of rotatable bonds is 5. The predicted octanol–water partition coefficient (Wildman–Crippen LogP) is 6.50. The van der Waals surface area contributed by atoms with Crippen LogP contribution in [-0.4, -0.2) is 13.1 Å². The summed E-state index contributed by atoms with van der Waals surface area (Å²) < 4.78 is 5.96. The lowest BCUT2D eigenvalue weighted by atomic mass is 9.88. The molecule has 3 aromatic carbocycles. The molecule has 4 heteroatoms. The summed E-state index contributed by atoms with van der Waals surface area (Å²) in [6, 6.07) is 18.6. The van der Waals surface area contributed by atoms with Crippen molar-refractivity contribution in [2.24, 2.45) is 0 Å². The van der Waals surface area contributed by atoms with Gasteiger partial charge >= 0.3 is 5.97 Å². The van der Waals surface area contributed by atoms with E-state index in [9.17, 15) is 4.79 Å². The Morgan fingerprint density at radius 2 is 1.68 bits per heavy atom. The fraction of sp³-hybridized carbons (Fsp3) is 0.208. The Labute approximate surface area is 174 Å². The van der Waals surface area contributed by atoms with Gasteiger partial charge in [-0.05, 0) is 82.7 Å². The molecule has 3 rings (SSSR count). The Morgan fingerprint density at radius 3 is 2.32 bits per heavy atom. The zero-order valence-corrected chi connectivity index (χ0v) is 18.2. The van der Waals surface area contributed by atoms with Crippen molar-refractivity contribution in [2.75, 3.05) is 12.4 Å². The van der Waals surface area contributed by atoms with Gasteiger partial charge in [-0.25, -0.2) is 0 Å². The zero-order valence-electron chi connectivity index (χ0n) is 16.6. The number of methoxy groups -OCH3 is 1. The maximum atomic E-state index is 12.2. The summed E-state index contributed by atoms with van der Waals surface area (Å²) >= 11 is 3.59. The van der Waals surface area contributed by atoms with Crippen LogP contribution in [0.3, 0.4) is 0 Å². The minimum atomic E-state index is -0.242. The van der Waals surface area contributed by atoms with Crippen molar-refractivity contribution in [1.82, 2.24) is 0 Å². The quantitative estimate of drug-likeness (QED) is 0.462. The summed E-state index contributed by atoms with van der Waals surface area (Å²) in [5.41, 5.74) is 8.53. The number of hydrogen-bond donors (Lipinski definition) is 1. The lowest BCUT2D eigenvalue weighted by Crippen LogP contribution is -2.10. The van der Waals surface area contributed by atoms with Crippen LogP contribution in [0.15, 0.2) is 59.1 Å². The monoisotopic (exact) mass is 437 g/mol. The van der Waals surface area contributed by atoms with Crippen LogP contribution in [0, 0.1) is 20.8 Å². The molecule has 0 fully saturated rings. The number of nitrogens with one attached hydrogen (secondary N) is 1. The smallest absolute Gasteiger partial charge is 0.310 e. The molecule has 0 aromatic heterocycles. The summed E-state index contributed by atoms with van der Waals surface area (Å²) in [5.74, 6) is -0.242. The molecule has 0 aliphatic carbocycles. The minimum Gasteiger partial charge on any atom is -0.469 e. The van der Waals surface area contributed by atoms with Crippen LogP contribution in [-0.2, 0) is 16.0 Å².